The van der Waals surface area contributed by atoms with Gasteiger partial charge >= 0.3 is 4.87 Å². The number of nitrogen functional groups attached to an aromatic ring is 1. The predicted octanol–water partition coefficient (Wildman–Crippen LogP) is 1.14. The van der Waals surface area contributed by atoms with E-state index in [1.54, 1.807) is 12.1 Å². The van der Waals surface area contributed by atoms with E-state index in [9.17, 15) is 9.59 Å². The second kappa shape index (κ2) is 5.23. The summed E-state index contributed by atoms with van der Waals surface area (Å²) in [5.41, 5.74) is 6.83. The molecule has 0 atom stereocenters. The number of hydrogen-bond donors (Lipinski definition) is 2. The van der Waals surface area contributed by atoms with Gasteiger partial charge in [0, 0.05) is 10.6 Å². The van der Waals surface area contributed by atoms with Gasteiger partial charge in [-0.05, 0) is 26.0 Å². The molecule has 0 unspecified atom stereocenters. The molecule has 19 heavy (non-hydrogen) atoms. The first-order chi connectivity index (χ1) is 8.97. The van der Waals surface area contributed by atoms with Crippen LogP contribution in [0.15, 0.2) is 23.1 Å². The predicted molar refractivity (Wildman–Crippen MR) is 75.3 cm³/mol. The molecular formula is C12H14N4O2S. The molecule has 0 aliphatic heterocycles. The minimum Gasteiger partial charge on any atom is -0.384 e. The van der Waals surface area contributed by atoms with Crippen molar-refractivity contribution in [1.82, 2.24) is 9.55 Å². The van der Waals surface area contributed by atoms with Crippen molar-refractivity contribution < 1.29 is 4.79 Å². The number of rotatable bonds is 3. The van der Waals surface area contributed by atoms with Crippen LogP contribution in [0.25, 0.3) is 0 Å². The maximum Gasteiger partial charge on any atom is 0.308 e. The Morgan fingerprint density at radius 3 is 2.74 bits per heavy atom. The Bertz CT molecular complexity index is 657. The van der Waals surface area contributed by atoms with Crippen LogP contribution in [0.3, 0.4) is 0 Å². The molecule has 1 amide bonds. The van der Waals surface area contributed by atoms with Gasteiger partial charge in [0.05, 0.1) is 11.9 Å². The van der Waals surface area contributed by atoms with Crippen LogP contribution in [0.5, 0.6) is 0 Å². The third kappa shape index (κ3) is 3.00. The molecule has 0 spiro atoms. The largest absolute Gasteiger partial charge is 0.384 e. The second-order valence-electron chi connectivity index (χ2n) is 4.12. The highest BCUT2D eigenvalue weighted by Gasteiger charge is 2.11. The third-order valence-corrected chi connectivity index (χ3v) is 3.74. The number of amides is 1. The van der Waals surface area contributed by atoms with Gasteiger partial charge in [-0.15, -0.1) is 0 Å². The lowest BCUT2D eigenvalue weighted by atomic mass is 10.4. The molecule has 0 aromatic carbocycles. The van der Waals surface area contributed by atoms with E-state index in [0.29, 0.717) is 11.5 Å². The molecule has 2 heterocycles. The molecule has 2 rings (SSSR count). The Hall–Kier alpha value is -2.15. The second-order valence-corrected chi connectivity index (χ2v) is 5.28. The quantitative estimate of drug-likeness (QED) is 0.881. The Balaban J connectivity index is 2.09. The fraction of sp³-hybridized carbons (Fsp3) is 0.250. The Kier molecular flexibility index (Phi) is 3.66. The number of aryl methyl sites for hydroxylation is 1. The lowest BCUT2D eigenvalue weighted by Crippen LogP contribution is -2.25. The third-order valence-electron chi connectivity index (χ3n) is 2.75. The summed E-state index contributed by atoms with van der Waals surface area (Å²) < 4.78 is 1.46. The highest BCUT2D eigenvalue weighted by Crippen LogP contribution is 2.10. The van der Waals surface area contributed by atoms with Crippen LogP contribution in [-0.2, 0) is 11.3 Å². The average molecular weight is 278 g/mol. The number of nitrogens with zero attached hydrogens (tertiary/aromatic N) is 2. The molecular weight excluding hydrogens is 264 g/mol. The summed E-state index contributed by atoms with van der Waals surface area (Å²) in [4.78, 5) is 28.2. The monoisotopic (exact) mass is 278 g/mol. The number of hydrogen-bond acceptors (Lipinski definition) is 5. The zero-order valence-electron chi connectivity index (χ0n) is 10.6. The van der Waals surface area contributed by atoms with E-state index in [-0.39, 0.29) is 17.3 Å². The summed E-state index contributed by atoms with van der Waals surface area (Å²) in [6.45, 7) is 3.68. The maximum absolute atomic E-state index is 11.9. The van der Waals surface area contributed by atoms with Crippen molar-refractivity contribution in [3.8, 4) is 0 Å². The number of thiazole rings is 1. The lowest BCUT2D eigenvalue weighted by molar-refractivity contribution is -0.116. The smallest absolute Gasteiger partial charge is 0.308 e. The maximum atomic E-state index is 11.9. The number of pyridine rings is 1. The number of nitrogens with two attached hydrogens (primary N) is 1. The van der Waals surface area contributed by atoms with Crippen molar-refractivity contribution in [2.75, 3.05) is 11.1 Å². The standard InChI is InChI=1S/C12H14N4O2S/c1-7-8(2)19-12(18)16(7)6-11(17)15-9-3-4-10(13)14-5-9/h3-5H,6H2,1-2H3,(H2,13,14)(H,15,17). The molecule has 7 heteroatoms. The normalized spacial score (nSPS) is 10.4. The fourth-order valence-corrected chi connectivity index (χ4v) is 2.42. The van der Waals surface area contributed by atoms with Gasteiger partial charge in [-0.25, -0.2) is 4.98 Å². The van der Waals surface area contributed by atoms with E-state index < -0.39 is 0 Å². The molecule has 100 valence electrons. The summed E-state index contributed by atoms with van der Waals surface area (Å²) in [6.07, 6.45) is 1.47. The van der Waals surface area contributed by atoms with Crippen molar-refractivity contribution in [3.63, 3.8) is 0 Å². The number of anilines is 2. The van der Waals surface area contributed by atoms with Gasteiger partial charge in [-0.3, -0.25) is 14.2 Å². The van der Waals surface area contributed by atoms with Crippen molar-refractivity contribution in [1.29, 1.82) is 0 Å². The van der Waals surface area contributed by atoms with Crippen LogP contribution >= 0.6 is 11.3 Å². The SMILES string of the molecule is Cc1sc(=O)n(CC(=O)Nc2ccc(N)nc2)c1C. The zero-order chi connectivity index (χ0) is 14.0. The topological polar surface area (TPSA) is 90.0 Å². The van der Waals surface area contributed by atoms with Gasteiger partial charge < -0.3 is 11.1 Å². The van der Waals surface area contributed by atoms with Crippen LogP contribution in [0.4, 0.5) is 11.5 Å². The molecule has 0 aliphatic carbocycles. The van der Waals surface area contributed by atoms with Gasteiger partial charge in [0.15, 0.2) is 0 Å². The number of carbonyl (C=O) groups excluding carboxylic acids is 1. The Labute approximate surface area is 113 Å². The van der Waals surface area contributed by atoms with Crippen molar-refractivity contribution in [2.45, 2.75) is 20.4 Å². The molecule has 0 bridgehead atoms. The molecule has 6 nitrogen and oxygen atoms in total. The van der Waals surface area contributed by atoms with Crippen LogP contribution in [-0.4, -0.2) is 15.5 Å². The molecule has 2 aromatic rings. The van der Waals surface area contributed by atoms with Crippen LogP contribution in [0, 0.1) is 13.8 Å². The van der Waals surface area contributed by atoms with E-state index in [2.05, 4.69) is 10.3 Å². The molecule has 3 N–H and O–H groups in total. The van der Waals surface area contributed by atoms with Gasteiger partial charge in [-0.1, -0.05) is 11.3 Å². The van der Waals surface area contributed by atoms with Gasteiger partial charge in [0.1, 0.15) is 12.4 Å². The first kappa shape index (κ1) is 13.3. The van der Waals surface area contributed by atoms with Crippen LogP contribution in [0.1, 0.15) is 10.6 Å². The molecule has 0 saturated heterocycles. The van der Waals surface area contributed by atoms with Crippen LogP contribution < -0.4 is 15.9 Å². The zero-order valence-corrected chi connectivity index (χ0v) is 11.5. The van der Waals surface area contributed by atoms with Gasteiger partial charge in [0.2, 0.25) is 5.91 Å². The number of carbonyl (C=O) groups is 1. The molecule has 0 aliphatic rings. The summed E-state index contributed by atoms with van der Waals surface area (Å²) >= 11 is 1.14. The van der Waals surface area contributed by atoms with E-state index in [1.165, 1.54) is 10.8 Å². The summed E-state index contributed by atoms with van der Waals surface area (Å²) in [5.74, 6) is 0.119. The Morgan fingerprint density at radius 2 is 2.21 bits per heavy atom. The minimum absolute atomic E-state index is 0.000612. The van der Waals surface area contributed by atoms with Crippen molar-refractivity contribution in [3.05, 3.63) is 38.6 Å². The average Bonchev–Trinajstić information content (AvgIpc) is 2.59. The molecule has 2 aromatic heterocycles. The summed E-state index contributed by atoms with van der Waals surface area (Å²) in [6, 6.07) is 3.26. The Morgan fingerprint density at radius 1 is 1.47 bits per heavy atom. The van der Waals surface area contributed by atoms with Gasteiger partial charge in [-0.2, -0.15) is 0 Å². The van der Waals surface area contributed by atoms with Crippen molar-refractivity contribution >= 4 is 28.7 Å². The summed E-state index contributed by atoms with van der Waals surface area (Å²) in [5, 5.41) is 2.67. The van der Waals surface area contributed by atoms with Crippen molar-refractivity contribution in [2.24, 2.45) is 0 Å². The van der Waals surface area contributed by atoms with E-state index in [1.807, 2.05) is 13.8 Å². The molecule has 0 fully saturated rings. The highest BCUT2D eigenvalue weighted by atomic mass is 32.1. The first-order valence-electron chi connectivity index (χ1n) is 5.65. The first-order valence-corrected chi connectivity index (χ1v) is 6.47. The van der Waals surface area contributed by atoms with Crippen LogP contribution in [0.2, 0.25) is 0 Å². The lowest BCUT2D eigenvalue weighted by Gasteiger charge is -2.07. The molecule has 0 saturated carbocycles. The summed E-state index contributed by atoms with van der Waals surface area (Å²) in [7, 11) is 0. The van der Waals surface area contributed by atoms with E-state index in [4.69, 9.17) is 5.73 Å². The minimum atomic E-state index is -0.269. The fourth-order valence-electron chi connectivity index (χ4n) is 1.59. The van der Waals surface area contributed by atoms with Gasteiger partial charge in [0.25, 0.3) is 0 Å². The number of nitrogens with one attached hydrogen (secondary N) is 1. The molecule has 0 radical (unpaired) electrons. The van der Waals surface area contributed by atoms with E-state index >= 15 is 0 Å². The highest BCUT2D eigenvalue weighted by molar-refractivity contribution is 7.09. The van der Waals surface area contributed by atoms with E-state index in [0.717, 1.165) is 21.9 Å². The number of aromatic nitrogens is 2.